The summed E-state index contributed by atoms with van der Waals surface area (Å²) in [5.41, 5.74) is 2.79. The Labute approximate surface area is 124 Å². The monoisotopic (exact) mass is 274 g/mol. The van der Waals surface area contributed by atoms with Gasteiger partial charge in [0.15, 0.2) is 0 Å². The molecule has 0 radical (unpaired) electrons. The normalized spacial score (nSPS) is 15.8. The lowest BCUT2D eigenvalue weighted by molar-refractivity contribution is 0.527. The maximum absolute atomic E-state index is 3.54. The van der Waals surface area contributed by atoms with Gasteiger partial charge in [0.05, 0.1) is 0 Å². The first-order chi connectivity index (χ1) is 9.75. The smallest absolute Gasteiger partial charge is 0.0366 e. The van der Waals surface area contributed by atoms with Crippen molar-refractivity contribution in [2.75, 3.05) is 24.5 Å². The van der Waals surface area contributed by atoms with Crippen LogP contribution in [-0.4, -0.2) is 19.6 Å². The summed E-state index contributed by atoms with van der Waals surface area (Å²) >= 11 is 0. The van der Waals surface area contributed by atoms with E-state index in [1.807, 2.05) is 0 Å². The Balaban J connectivity index is 1.71. The van der Waals surface area contributed by atoms with Crippen LogP contribution in [0.15, 0.2) is 24.3 Å². The highest BCUT2D eigenvalue weighted by molar-refractivity contribution is 5.47. The van der Waals surface area contributed by atoms with Gasteiger partial charge in [0.2, 0.25) is 0 Å². The average molecular weight is 274 g/mol. The lowest BCUT2D eigenvalue weighted by Gasteiger charge is -2.28. The third-order valence-electron chi connectivity index (χ3n) is 4.12. The van der Waals surface area contributed by atoms with E-state index in [2.05, 4.69) is 48.3 Å². The van der Waals surface area contributed by atoms with E-state index in [-0.39, 0.29) is 0 Å². The summed E-state index contributed by atoms with van der Waals surface area (Å²) in [4.78, 5) is 2.52. The number of nitrogens with one attached hydrogen (secondary N) is 1. The van der Waals surface area contributed by atoms with Crippen LogP contribution in [0.2, 0.25) is 0 Å². The van der Waals surface area contributed by atoms with Gasteiger partial charge in [-0.2, -0.15) is 0 Å². The van der Waals surface area contributed by atoms with Gasteiger partial charge < -0.3 is 10.2 Å². The summed E-state index contributed by atoms with van der Waals surface area (Å²) in [7, 11) is 0. The molecule has 1 N–H and O–H groups in total. The Morgan fingerprint density at radius 1 is 1.05 bits per heavy atom. The molecule has 20 heavy (non-hydrogen) atoms. The van der Waals surface area contributed by atoms with Crippen LogP contribution in [0.3, 0.4) is 0 Å². The first-order valence-corrected chi connectivity index (χ1v) is 8.30. The first kappa shape index (κ1) is 15.4. The molecule has 1 aromatic rings. The molecule has 0 atom stereocenters. The fraction of sp³-hybridized carbons (Fsp3) is 0.667. The maximum atomic E-state index is 3.54. The fourth-order valence-electron chi connectivity index (χ4n) is 2.84. The number of piperidine rings is 1. The van der Waals surface area contributed by atoms with Crippen molar-refractivity contribution < 1.29 is 0 Å². The molecule has 1 saturated heterocycles. The molecule has 2 heteroatoms. The minimum Gasteiger partial charge on any atom is -0.372 e. The summed E-state index contributed by atoms with van der Waals surface area (Å²) in [6.45, 7) is 9.17. The molecule has 1 aromatic carbocycles. The average Bonchev–Trinajstić information content (AvgIpc) is 2.48. The van der Waals surface area contributed by atoms with E-state index in [1.54, 1.807) is 0 Å². The second-order valence-corrected chi connectivity index (χ2v) is 6.43. The van der Waals surface area contributed by atoms with Crippen molar-refractivity contribution in [3.63, 3.8) is 0 Å². The first-order valence-electron chi connectivity index (χ1n) is 8.30. The highest BCUT2D eigenvalue weighted by atomic mass is 15.1. The Morgan fingerprint density at radius 3 is 2.40 bits per heavy atom. The van der Waals surface area contributed by atoms with Crippen molar-refractivity contribution >= 4 is 5.69 Å². The van der Waals surface area contributed by atoms with Crippen LogP contribution in [0.4, 0.5) is 5.69 Å². The number of rotatable bonds is 7. The van der Waals surface area contributed by atoms with Gasteiger partial charge in [-0.1, -0.05) is 26.0 Å². The lowest BCUT2D eigenvalue weighted by Crippen LogP contribution is -2.29. The van der Waals surface area contributed by atoms with Crippen molar-refractivity contribution in [2.45, 2.75) is 52.5 Å². The molecule has 2 nitrogen and oxygen atoms in total. The maximum Gasteiger partial charge on any atom is 0.0366 e. The molecule has 112 valence electrons. The molecule has 0 spiro atoms. The van der Waals surface area contributed by atoms with Gasteiger partial charge in [-0.05, 0) is 62.3 Å². The van der Waals surface area contributed by atoms with Crippen molar-refractivity contribution in [1.82, 2.24) is 5.32 Å². The SMILES string of the molecule is CC(C)CCCNCc1ccc(N2CCCCC2)cc1. The van der Waals surface area contributed by atoms with Gasteiger partial charge in [-0.25, -0.2) is 0 Å². The molecule has 0 aliphatic carbocycles. The molecular weight excluding hydrogens is 244 g/mol. The highest BCUT2D eigenvalue weighted by Crippen LogP contribution is 2.20. The molecule has 1 aliphatic heterocycles. The molecule has 0 amide bonds. The summed E-state index contributed by atoms with van der Waals surface area (Å²) in [6, 6.07) is 9.13. The van der Waals surface area contributed by atoms with Crippen LogP contribution in [0.5, 0.6) is 0 Å². The van der Waals surface area contributed by atoms with E-state index in [0.29, 0.717) is 0 Å². The Kier molecular flexibility index (Phi) is 6.38. The summed E-state index contributed by atoms with van der Waals surface area (Å²) in [6.07, 6.45) is 6.69. The Bertz CT molecular complexity index is 364. The molecule has 0 unspecified atom stereocenters. The van der Waals surface area contributed by atoms with E-state index >= 15 is 0 Å². The second-order valence-electron chi connectivity index (χ2n) is 6.43. The standard InChI is InChI=1S/C18H30N2/c1-16(2)7-6-12-19-15-17-8-10-18(11-9-17)20-13-4-3-5-14-20/h8-11,16,19H,3-7,12-15H2,1-2H3. The van der Waals surface area contributed by atoms with Crippen LogP contribution in [0.25, 0.3) is 0 Å². The van der Waals surface area contributed by atoms with Gasteiger partial charge in [0.25, 0.3) is 0 Å². The van der Waals surface area contributed by atoms with Crippen molar-refractivity contribution in [2.24, 2.45) is 5.92 Å². The van der Waals surface area contributed by atoms with E-state index in [4.69, 9.17) is 0 Å². The van der Waals surface area contributed by atoms with Gasteiger partial charge in [-0.3, -0.25) is 0 Å². The molecular formula is C18H30N2. The summed E-state index contributed by atoms with van der Waals surface area (Å²) in [5, 5.41) is 3.54. The van der Waals surface area contributed by atoms with E-state index in [0.717, 1.165) is 19.0 Å². The highest BCUT2D eigenvalue weighted by Gasteiger charge is 2.10. The minimum absolute atomic E-state index is 0.820. The Hall–Kier alpha value is -1.02. The fourth-order valence-corrected chi connectivity index (χ4v) is 2.84. The number of nitrogens with zero attached hydrogens (tertiary/aromatic N) is 1. The molecule has 1 aliphatic rings. The summed E-state index contributed by atoms with van der Waals surface area (Å²) < 4.78 is 0. The van der Waals surface area contributed by atoms with Gasteiger partial charge >= 0.3 is 0 Å². The van der Waals surface area contributed by atoms with Crippen molar-refractivity contribution in [3.05, 3.63) is 29.8 Å². The van der Waals surface area contributed by atoms with Crippen LogP contribution in [-0.2, 0) is 6.54 Å². The van der Waals surface area contributed by atoms with Crippen LogP contribution in [0.1, 0.15) is 51.5 Å². The topological polar surface area (TPSA) is 15.3 Å². The van der Waals surface area contributed by atoms with Crippen molar-refractivity contribution in [3.8, 4) is 0 Å². The quantitative estimate of drug-likeness (QED) is 0.750. The second kappa shape index (κ2) is 8.31. The zero-order chi connectivity index (χ0) is 14.2. The summed E-state index contributed by atoms with van der Waals surface area (Å²) in [5.74, 6) is 0.820. The number of anilines is 1. The zero-order valence-electron chi connectivity index (χ0n) is 13.2. The Morgan fingerprint density at radius 2 is 1.75 bits per heavy atom. The number of hydrogen-bond acceptors (Lipinski definition) is 2. The largest absolute Gasteiger partial charge is 0.372 e. The molecule has 1 fully saturated rings. The van der Waals surface area contributed by atoms with Crippen molar-refractivity contribution in [1.29, 1.82) is 0 Å². The molecule has 2 rings (SSSR count). The predicted octanol–water partition coefficient (Wildman–Crippen LogP) is 4.20. The lowest BCUT2D eigenvalue weighted by atomic mass is 10.1. The predicted molar refractivity (Wildman–Crippen MR) is 88.3 cm³/mol. The number of hydrogen-bond donors (Lipinski definition) is 1. The molecule has 0 bridgehead atoms. The van der Waals surface area contributed by atoms with E-state index < -0.39 is 0 Å². The van der Waals surface area contributed by atoms with Crippen LogP contribution >= 0.6 is 0 Å². The van der Waals surface area contributed by atoms with Crippen LogP contribution in [0, 0.1) is 5.92 Å². The minimum atomic E-state index is 0.820. The zero-order valence-corrected chi connectivity index (χ0v) is 13.2. The van der Waals surface area contributed by atoms with Gasteiger partial charge in [0.1, 0.15) is 0 Å². The molecule has 1 heterocycles. The van der Waals surface area contributed by atoms with Gasteiger partial charge in [0, 0.05) is 25.3 Å². The van der Waals surface area contributed by atoms with Gasteiger partial charge in [-0.15, -0.1) is 0 Å². The molecule has 0 saturated carbocycles. The van der Waals surface area contributed by atoms with E-state index in [1.165, 1.54) is 56.4 Å². The third-order valence-corrected chi connectivity index (χ3v) is 4.12. The third kappa shape index (κ3) is 5.16. The molecule has 0 aromatic heterocycles. The van der Waals surface area contributed by atoms with Crippen LogP contribution < -0.4 is 10.2 Å². The van der Waals surface area contributed by atoms with E-state index in [9.17, 15) is 0 Å². The number of benzene rings is 1.